The summed E-state index contributed by atoms with van der Waals surface area (Å²) < 4.78 is 12.7. The Balaban J connectivity index is 1.50. The maximum Gasteiger partial charge on any atom is 0.225 e. The number of rotatable bonds is 8. The Morgan fingerprint density at radius 1 is 1.19 bits per heavy atom. The topological polar surface area (TPSA) is 60.5 Å². The Morgan fingerprint density at radius 2 is 1.96 bits per heavy atom. The fourth-order valence-electron chi connectivity index (χ4n) is 2.33. The van der Waals surface area contributed by atoms with Crippen LogP contribution in [0.4, 0.5) is 5.69 Å². The van der Waals surface area contributed by atoms with Crippen molar-refractivity contribution in [2.45, 2.75) is 17.7 Å². The summed E-state index contributed by atoms with van der Waals surface area (Å²) in [4.78, 5) is 16.7. The number of methoxy groups -OCH3 is 1. The molecule has 26 heavy (non-hydrogen) atoms. The molecule has 0 saturated heterocycles. The van der Waals surface area contributed by atoms with Gasteiger partial charge in [-0.3, -0.25) is 4.79 Å². The van der Waals surface area contributed by atoms with Crippen LogP contribution in [0.3, 0.4) is 0 Å². The lowest BCUT2D eigenvalue weighted by Gasteiger charge is -2.05. The van der Waals surface area contributed by atoms with E-state index in [0.717, 1.165) is 31.7 Å². The molecule has 0 bridgehead atoms. The first-order valence-electron chi connectivity index (χ1n) is 8.28. The summed E-state index contributed by atoms with van der Waals surface area (Å²) in [5, 5.41) is 2.89. The van der Waals surface area contributed by atoms with E-state index in [2.05, 4.69) is 10.3 Å². The number of aromatic nitrogens is 1. The summed E-state index contributed by atoms with van der Waals surface area (Å²) in [5.41, 5.74) is 1.73. The molecule has 0 saturated carbocycles. The zero-order chi connectivity index (χ0) is 18.4. The number of carbonyl (C=O) groups is 1. The lowest BCUT2D eigenvalue weighted by atomic mass is 10.3. The third-order valence-corrected chi connectivity index (χ3v) is 5.74. The molecule has 0 fully saturated rings. The quantitative estimate of drug-likeness (QED) is 0.560. The Morgan fingerprint density at radius 3 is 2.69 bits per heavy atom. The number of hydrogen-bond acceptors (Lipinski definition) is 6. The SMILES string of the molecule is CCOc1ccc2nc(SCCC(=O)Nc3ccc(OC)cc3)sc2c1. The average Bonchev–Trinajstić information content (AvgIpc) is 3.04. The van der Waals surface area contributed by atoms with Crippen LogP contribution in [0, 0.1) is 0 Å². The van der Waals surface area contributed by atoms with E-state index < -0.39 is 0 Å². The van der Waals surface area contributed by atoms with Gasteiger partial charge in [-0.25, -0.2) is 4.98 Å². The van der Waals surface area contributed by atoms with Gasteiger partial charge in [0.25, 0.3) is 0 Å². The van der Waals surface area contributed by atoms with Gasteiger partial charge in [0.1, 0.15) is 11.5 Å². The number of hydrogen-bond donors (Lipinski definition) is 1. The zero-order valence-corrected chi connectivity index (χ0v) is 16.3. The van der Waals surface area contributed by atoms with Gasteiger partial charge >= 0.3 is 0 Å². The lowest BCUT2D eigenvalue weighted by Crippen LogP contribution is -2.11. The molecule has 3 rings (SSSR count). The van der Waals surface area contributed by atoms with Crippen molar-refractivity contribution >= 4 is 44.9 Å². The number of benzene rings is 2. The second kappa shape index (κ2) is 8.91. The first-order valence-corrected chi connectivity index (χ1v) is 10.1. The number of ether oxygens (including phenoxy) is 2. The van der Waals surface area contributed by atoms with E-state index >= 15 is 0 Å². The van der Waals surface area contributed by atoms with Gasteiger partial charge in [0, 0.05) is 17.9 Å². The highest BCUT2D eigenvalue weighted by Gasteiger charge is 2.08. The van der Waals surface area contributed by atoms with Crippen LogP contribution in [0.15, 0.2) is 46.8 Å². The molecule has 0 aliphatic heterocycles. The Bertz CT molecular complexity index is 878. The molecule has 0 unspecified atom stereocenters. The van der Waals surface area contributed by atoms with Gasteiger partial charge in [-0.05, 0) is 49.4 Å². The lowest BCUT2D eigenvalue weighted by molar-refractivity contribution is -0.115. The standard InChI is InChI=1S/C19H20N2O3S2/c1-3-24-15-8-9-16-17(12-15)26-19(21-16)25-11-10-18(22)20-13-4-6-14(23-2)7-5-13/h4-9,12H,3,10-11H2,1-2H3,(H,20,22). The second-order valence-electron chi connectivity index (χ2n) is 5.42. The number of carbonyl (C=O) groups excluding carboxylic acids is 1. The number of thioether (sulfide) groups is 1. The number of fused-ring (bicyclic) bond motifs is 1. The molecule has 0 spiro atoms. The number of amides is 1. The fourth-order valence-corrected chi connectivity index (χ4v) is 4.44. The van der Waals surface area contributed by atoms with Gasteiger partial charge < -0.3 is 14.8 Å². The van der Waals surface area contributed by atoms with Crippen molar-refractivity contribution in [1.82, 2.24) is 4.98 Å². The molecular weight excluding hydrogens is 368 g/mol. The molecule has 1 N–H and O–H groups in total. The van der Waals surface area contributed by atoms with Crippen LogP contribution in [0.1, 0.15) is 13.3 Å². The minimum absolute atomic E-state index is 0.0117. The van der Waals surface area contributed by atoms with Crippen molar-refractivity contribution in [2.75, 3.05) is 24.8 Å². The van der Waals surface area contributed by atoms with Crippen LogP contribution in [0.2, 0.25) is 0 Å². The number of thiazole rings is 1. The van der Waals surface area contributed by atoms with Crippen LogP contribution in [0.5, 0.6) is 11.5 Å². The van der Waals surface area contributed by atoms with Crippen LogP contribution in [0.25, 0.3) is 10.2 Å². The summed E-state index contributed by atoms with van der Waals surface area (Å²) in [6.07, 6.45) is 0.427. The predicted molar refractivity (Wildman–Crippen MR) is 108 cm³/mol. The van der Waals surface area contributed by atoms with Crippen molar-refractivity contribution in [2.24, 2.45) is 0 Å². The Labute approximate surface area is 160 Å². The van der Waals surface area contributed by atoms with E-state index in [1.165, 1.54) is 0 Å². The van der Waals surface area contributed by atoms with Crippen LogP contribution >= 0.6 is 23.1 Å². The number of nitrogens with zero attached hydrogens (tertiary/aromatic N) is 1. The summed E-state index contributed by atoms with van der Waals surface area (Å²) in [5.74, 6) is 2.29. The van der Waals surface area contributed by atoms with Crippen molar-refractivity contribution in [3.8, 4) is 11.5 Å². The minimum atomic E-state index is -0.0117. The highest BCUT2D eigenvalue weighted by atomic mass is 32.2. The summed E-state index contributed by atoms with van der Waals surface area (Å²) in [6.45, 7) is 2.62. The van der Waals surface area contributed by atoms with Gasteiger partial charge in [-0.1, -0.05) is 11.8 Å². The molecule has 7 heteroatoms. The summed E-state index contributed by atoms with van der Waals surface area (Å²) in [6, 6.07) is 13.2. The molecule has 0 aliphatic carbocycles. The minimum Gasteiger partial charge on any atom is -0.497 e. The number of nitrogens with one attached hydrogen (secondary N) is 1. The van der Waals surface area contributed by atoms with Crippen molar-refractivity contribution in [3.05, 3.63) is 42.5 Å². The largest absolute Gasteiger partial charge is 0.497 e. The first-order chi connectivity index (χ1) is 12.7. The summed E-state index contributed by atoms with van der Waals surface area (Å²) in [7, 11) is 1.62. The van der Waals surface area contributed by atoms with Crippen molar-refractivity contribution < 1.29 is 14.3 Å². The van der Waals surface area contributed by atoms with E-state index in [1.807, 2.05) is 49.4 Å². The predicted octanol–water partition coefficient (Wildman–Crippen LogP) is 4.82. The molecule has 0 radical (unpaired) electrons. The molecule has 3 aromatic rings. The van der Waals surface area contributed by atoms with Gasteiger partial charge in [-0.2, -0.15) is 0 Å². The maximum atomic E-state index is 12.1. The third kappa shape index (κ3) is 4.89. The molecule has 2 aromatic carbocycles. The van der Waals surface area contributed by atoms with E-state index in [-0.39, 0.29) is 5.91 Å². The highest BCUT2D eigenvalue weighted by Crippen LogP contribution is 2.32. The van der Waals surface area contributed by atoms with Gasteiger partial charge in [0.05, 0.1) is 23.9 Å². The van der Waals surface area contributed by atoms with Gasteiger partial charge in [0.2, 0.25) is 5.91 Å². The molecule has 5 nitrogen and oxygen atoms in total. The van der Waals surface area contributed by atoms with E-state index in [1.54, 1.807) is 30.2 Å². The smallest absolute Gasteiger partial charge is 0.225 e. The van der Waals surface area contributed by atoms with Crippen molar-refractivity contribution in [3.63, 3.8) is 0 Å². The van der Waals surface area contributed by atoms with E-state index in [4.69, 9.17) is 9.47 Å². The average molecular weight is 389 g/mol. The normalized spacial score (nSPS) is 10.7. The van der Waals surface area contributed by atoms with Crippen molar-refractivity contribution in [1.29, 1.82) is 0 Å². The monoisotopic (exact) mass is 388 g/mol. The zero-order valence-electron chi connectivity index (χ0n) is 14.7. The molecule has 136 valence electrons. The first kappa shape index (κ1) is 18.5. The van der Waals surface area contributed by atoms with E-state index in [9.17, 15) is 4.79 Å². The molecule has 1 heterocycles. The fraction of sp³-hybridized carbons (Fsp3) is 0.263. The van der Waals surface area contributed by atoms with E-state index in [0.29, 0.717) is 18.8 Å². The Kier molecular flexibility index (Phi) is 6.35. The molecule has 1 amide bonds. The second-order valence-corrected chi connectivity index (χ2v) is 7.79. The summed E-state index contributed by atoms with van der Waals surface area (Å²) >= 11 is 3.22. The van der Waals surface area contributed by atoms with Gasteiger partial charge in [0.15, 0.2) is 4.34 Å². The van der Waals surface area contributed by atoms with Crippen LogP contribution < -0.4 is 14.8 Å². The molecule has 1 aromatic heterocycles. The van der Waals surface area contributed by atoms with Gasteiger partial charge in [-0.15, -0.1) is 11.3 Å². The third-order valence-electron chi connectivity index (χ3n) is 3.58. The van der Waals surface area contributed by atoms with Crippen LogP contribution in [-0.4, -0.2) is 30.4 Å². The molecule has 0 aliphatic rings. The van der Waals surface area contributed by atoms with Crippen LogP contribution in [-0.2, 0) is 4.79 Å². The highest BCUT2D eigenvalue weighted by molar-refractivity contribution is 8.01. The molecule has 0 atom stereocenters. The number of anilines is 1. The maximum absolute atomic E-state index is 12.1. The molecular formula is C19H20N2O3S2. The Hall–Kier alpha value is -2.25.